The molecule has 6 rings (SSSR count). The van der Waals surface area contributed by atoms with Crippen LogP contribution in [0.4, 0.5) is 30.5 Å². The van der Waals surface area contributed by atoms with Crippen LogP contribution in [0.15, 0.2) is 97.3 Å². The van der Waals surface area contributed by atoms with Crippen molar-refractivity contribution in [3.8, 4) is 28.4 Å². The van der Waals surface area contributed by atoms with Crippen LogP contribution in [0.2, 0.25) is 0 Å². The summed E-state index contributed by atoms with van der Waals surface area (Å²) in [5, 5.41) is 5.44. The van der Waals surface area contributed by atoms with E-state index in [1.807, 2.05) is 72.1 Å². The Labute approximate surface area is 262 Å². The molecule has 6 aromatic rings. The number of fused-ring (bicyclic) bond motifs is 1. The number of carbonyl (C=O) groups excluding carboxylic acids is 1. The van der Waals surface area contributed by atoms with Gasteiger partial charge in [0.25, 0.3) is 5.91 Å². The average Bonchev–Trinajstić information content (AvgIpc) is 3.43. The standard InChI is InChI=1S/C34H28F3N7O2/c1-43(2)15-16-46-25-10-6-9-24(20-25)39-34-38-13-12-28(40-34)32-30(41-29-11-3-4-14-44(29)32)21-7-5-8-22(17-21)33(45)42-31-26(36)18-23(35)19-27(31)37/h3-14,17-20H,15-16H2,1-2H3,(H,42,45)(H,38,39,40). The van der Waals surface area contributed by atoms with Gasteiger partial charge < -0.3 is 20.3 Å². The highest BCUT2D eigenvalue weighted by molar-refractivity contribution is 6.05. The number of carbonyl (C=O) groups is 1. The molecular formula is C34H28F3N7O2. The number of pyridine rings is 1. The van der Waals surface area contributed by atoms with Gasteiger partial charge in [-0.1, -0.05) is 24.3 Å². The van der Waals surface area contributed by atoms with E-state index in [0.717, 1.165) is 12.2 Å². The second-order valence-corrected chi connectivity index (χ2v) is 10.6. The van der Waals surface area contributed by atoms with Crippen molar-refractivity contribution in [1.82, 2.24) is 24.3 Å². The van der Waals surface area contributed by atoms with Gasteiger partial charge in [0.15, 0.2) is 11.6 Å². The van der Waals surface area contributed by atoms with Crippen LogP contribution >= 0.6 is 0 Å². The van der Waals surface area contributed by atoms with Crippen molar-refractivity contribution in [2.45, 2.75) is 0 Å². The predicted molar refractivity (Wildman–Crippen MR) is 170 cm³/mol. The van der Waals surface area contributed by atoms with Crippen molar-refractivity contribution in [3.63, 3.8) is 0 Å². The Morgan fingerprint density at radius 3 is 2.52 bits per heavy atom. The zero-order valence-corrected chi connectivity index (χ0v) is 24.8. The van der Waals surface area contributed by atoms with Crippen LogP contribution in [-0.4, -0.2) is 57.4 Å². The van der Waals surface area contributed by atoms with Crippen LogP contribution in [-0.2, 0) is 0 Å². The average molecular weight is 624 g/mol. The van der Waals surface area contributed by atoms with Crippen molar-refractivity contribution >= 4 is 28.9 Å². The summed E-state index contributed by atoms with van der Waals surface area (Å²) in [4.78, 5) is 29.1. The first-order valence-corrected chi connectivity index (χ1v) is 14.3. The zero-order valence-electron chi connectivity index (χ0n) is 24.8. The lowest BCUT2D eigenvalue weighted by Crippen LogP contribution is -2.19. The van der Waals surface area contributed by atoms with Crippen LogP contribution < -0.4 is 15.4 Å². The quantitative estimate of drug-likeness (QED) is 0.173. The van der Waals surface area contributed by atoms with Crippen LogP contribution in [0, 0.1) is 17.5 Å². The number of aromatic nitrogens is 4. The maximum Gasteiger partial charge on any atom is 0.255 e. The van der Waals surface area contributed by atoms with Crippen molar-refractivity contribution in [2.24, 2.45) is 0 Å². The molecule has 0 saturated heterocycles. The number of ether oxygens (including phenoxy) is 1. The number of nitrogens with one attached hydrogen (secondary N) is 2. The third-order valence-electron chi connectivity index (χ3n) is 6.97. The van der Waals surface area contributed by atoms with E-state index in [-0.39, 0.29) is 5.56 Å². The second kappa shape index (κ2) is 13.1. The molecule has 0 saturated carbocycles. The monoisotopic (exact) mass is 623 g/mol. The molecule has 0 atom stereocenters. The van der Waals surface area contributed by atoms with Crippen molar-refractivity contribution in [1.29, 1.82) is 0 Å². The first-order chi connectivity index (χ1) is 22.2. The van der Waals surface area contributed by atoms with Crippen LogP contribution in [0.5, 0.6) is 5.75 Å². The van der Waals surface area contributed by atoms with Crippen LogP contribution in [0.3, 0.4) is 0 Å². The lowest BCUT2D eigenvalue weighted by molar-refractivity contribution is 0.102. The minimum absolute atomic E-state index is 0.112. The summed E-state index contributed by atoms with van der Waals surface area (Å²) < 4.78 is 49.5. The highest BCUT2D eigenvalue weighted by Crippen LogP contribution is 2.33. The summed E-state index contributed by atoms with van der Waals surface area (Å²) in [6, 6.07) is 22.3. The smallest absolute Gasteiger partial charge is 0.255 e. The molecule has 12 heteroatoms. The number of halogens is 3. The molecule has 9 nitrogen and oxygen atoms in total. The number of amides is 1. The Hall–Kier alpha value is -5.75. The summed E-state index contributed by atoms with van der Waals surface area (Å²) in [6.45, 7) is 1.33. The number of anilines is 3. The fraction of sp³-hybridized carbons (Fsp3) is 0.118. The minimum Gasteiger partial charge on any atom is -0.492 e. The van der Waals surface area contributed by atoms with E-state index in [2.05, 4.69) is 15.6 Å². The van der Waals surface area contributed by atoms with E-state index in [1.54, 1.807) is 30.5 Å². The topological polar surface area (TPSA) is 96.7 Å². The number of likely N-dealkylation sites (N-methyl/N-ethyl adjacent to an activating group) is 1. The first kappa shape index (κ1) is 30.3. The maximum atomic E-state index is 14.2. The SMILES string of the molecule is CN(C)CCOc1cccc(Nc2nccc(-c3c(-c4cccc(C(=O)Nc5c(F)cc(F)cc5F)c4)nc4ccccn34)n2)c1. The molecule has 0 fully saturated rings. The van der Waals surface area contributed by atoms with E-state index in [9.17, 15) is 18.0 Å². The molecule has 46 heavy (non-hydrogen) atoms. The number of hydrogen-bond donors (Lipinski definition) is 2. The molecule has 2 N–H and O–H groups in total. The van der Waals surface area contributed by atoms with Gasteiger partial charge >= 0.3 is 0 Å². The van der Waals surface area contributed by atoms with Crippen molar-refractivity contribution in [3.05, 3.63) is 120 Å². The Morgan fingerprint density at radius 2 is 1.72 bits per heavy atom. The Morgan fingerprint density at radius 1 is 0.913 bits per heavy atom. The van der Waals surface area contributed by atoms with Gasteiger partial charge in [0.2, 0.25) is 5.95 Å². The van der Waals surface area contributed by atoms with Crippen LogP contribution in [0.25, 0.3) is 28.3 Å². The Kier molecular flexibility index (Phi) is 8.61. The molecule has 0 radical (unpaired) electrons. The lowest BCUT2D eigenvalue weighted by atomic mass is 10.0. The number of imidazole rings is 1. The first-order valence-electron chi connectivity index (χ1n) is 14.3. The molecule has 232 valence electrons. The van der Waals surface area contributed by atoms with Crippen molar-refractivity contribution < 1.29 is 22.7 Å². The molecule has 3 heterocycles. The number of hydrogen-bond acceptors (Lipinski definition) is 7. The fourth-order valence-corrected chi connectivity index (χ4v) is 4.79. The summed E-state index contributed by atoms with van der Waals surface area (Å²) in [5.41, 5.74) is 3.00. The minimum atomic E-state index is -1.22. The predicted octanol–water partition coefficient (Wildman–Crippen LogP) is 6.81. The molecule has 0 unspecified atom stereocenters. The van der Waals surface area contributed by atoms with Gasteiger partial charge in [-0.2, -0.15) is 0 Å². The summed E-state index contributed by atoms with van der Waals surface area (Å²) in [5.74, 6) is -3.26. The largest absolute Gasteiger partial charge is 0.492 e. The van der Waals surface area contributed by atoms with Gasteiger partial charge in [-0.05, 0) is 56.6 Å². The van der Waals surface area contributed by atoms with Gasteiger partial charge in [0.1, 0.15) is 29.5 Å². The van der Waals surface area contributed by atoms with E-state index >= 15 is 0 Å². The maximum absolute atomic E-state index is 14.2. The summed E-state index contributed by atoms with van der Waals surface area (Å²) in [6.07, 6.45) is 3.48. The third-order valence-corrected chi connectivity index (χ3v) is 6.97. The molecule has 1 amide bonds. The van der Waals surface area contributed by atoms with E-state index in [4.69, 9.17) is 14.7 Å². The van der Waals surface area contributed by atoms with Crippen molar-refractivity contribution in [2.75, 3.05) is 37.9 Å². The third kappa shape index (κ3) is 6.66. The van der Waals surface area contributed by atoms with E-state index < -0.39 is 29.0 Å². The van der Waals surface area contributed by atoms with Gasteiger partial charge in [-0.25, -0.2) is 28.1 Å². The van der Waals surface area contributed by atoms with Crippen LogP contribution in [0.1, 0.15) is 10.4 Å². The molecule has 0 bridgehead atoms. The zero-order chi connectivity index (χ0) is 32.2. The fourth-order valence-electron chi connectivity index (χ4n) is 4.79. The van der Waals surface area contributed by atoms with E-state index in [0.29, 0.717) is 58.7 Å². The van der Waals surface area contributed by atoms with Gasteiger partial charge in [0.05, 0.1) is 17.1 Å². The van der Waals surface area contributed by atoms with Gasteiger partial charge in [-0.15, -0.1) is 0 Å². The number of benzene rings is 3. The molecule has 3 aromatic carbocycles. The highest BCUT2D eigenvalue weighted by atomic mass is 19.1. The lowest BCUT2D eigenvalue weighted by Gasteiger charge is -2.12. The number of nitrogens with zero attached hydrogens (tertiary/aromatic N) is 5. The summed E-state index contributed by atoms with van der Waals surface area (Å²) >= 11 is 0. The second-order valence-electron chi connectivity index (χ2n) is 10.6. The molecule has 0 aliphatic carbocycles. The molecule has 0 aliphatic rings. The number of rotatable bonds is 10. The van der Waals surface area contributed by atoms with Gasteiger partial charge in [-0.3, -0.25) is 9.20 Å². The van der Waals surface area contributed by atoms with Gasteiger partial charge in [0, 0.05) is 54.0 Å². The molecule has 0 spiro atoms. The molecule has 3 aromatic heterocycles. The Balaban J connectivity index is 1.32. The molecule has 0 aliphatic heterocycles. The van der Waals surface area contributed by atoms with E-state index in [1.165, 1.54) is 6.07 Å². The Bertz CT molecular complexity index is 2020. The highest BCUT2D eigenvalue weighted by Gasteiger charge is 2.20. The molecular weight excluding hydrogens is 595 g/mol. The normalized spacial score (nSPS) is 11.2. The summed E-state index contributed by atoms with van der Waals surface area (Å²) in [7, 11) is 3.96.